The maximum atomic E-state index is 13.3. The molecule has 35 heavy (non-hydrogen) atoms. The van der Waals surface area contributed by atoms with E-state index in [0.717, 1.165) is 43.0 Å². The van der Waals surface area contributed by atoms with Crippen LogP contribution in [-0.4, -0.2) is 45.4 Å². The van der Waals surface area contributed by atoms with Gasteiger partial charge in [0.15, 0.2) is 0 Å². The number of rotatable bonds is 6. The first-order valence-corrected chi connectivity index (χ1v) is 11.7. The third kappa shape index (κ3) is 5.38. The summed E-state index contributed by atoms with van der Waals surface area (Å²) in [5.74, 6) is 0.591. The first-order chi connectivity index (χ1) is 16.9. The van der Waals surface area contributed by atoms with Crippen LogP contribution in [0.25, 0.3) is 11.3 Å². The molecule has 0 bridgehead atoms. The number of pyridine rings is 1. The van der Waals surface area contributed by atoms with E-state index in [1.165, 1.54) is 18.0 Å². The summed E-state index contributed by atoms with van der Waals surface area (Å²) in [4.78, 5) is 12.5. The smallest absolute Gasteiger partial charge is 0.393 e. The highest BCUT2D eigenvalue weighted by atomic mass is 19.4. The third-order valence-electron chi connectivity index (χ3n) is 6.37. The molecule has 10 heteroatoms. The summed E-state index contributed by atoms with van der Waals surface area (Å²) in [6.45, 7) is 1.01. The van der Waals surface area contributed by atoms with Gasteiger partial charge in [0, 0.05) is 36.9 Å². The Morgan fingerprint density at radius 3 is 2.80 bits per heavy atom. The normalized spacial score (nSPS) is 19.9. The monoisotopic (exact) mass is 485 g/mol. The lowest BCUT2D eigenvalue weighted by atomic mass is 9.88. The Balaban J connectivity index is 1.44. The van der Waals surface area contributed by atoms with Gasteiger partial charge in [0.1, 0.15) is 23.7 Å². The largest absolute Gasteiger partial charge is 0.433 e. The van der Waals surface area contributed by atoms with E-state index in [1.54, 1.807) is 6.07 Å². The topological polar surface area (TPSA) is 92.2 Å². The van der Waals surface area contributed by atoms with Gasteiger partial charge in [-0.3, -0.25) is 0 Å². The molecule has 1 aliphatic heterocycles. The van der Waals surface area contributed by atoms with Crippen molar-refractivity contribution in [1.82, 2.24) is 15.0 Å². The quantitative estimate of drug-likeness (QED) is 0.464. The molecule has 1 aliphatic carbocycles. The Morgan fingerprint density at radius 2 is 2.00 bits per heavy atom. The summed E-state index contributed by atoms with van der Waals surface area (Å²) in [7, 11) is 0. The first kappa shape index (κ1) is 23.5. The standard InChI is InChI=1S/C25H26F3N5O2/c26-25(27,28)22-9-8-18(24(33-22)29-13-17-4-2-10-35-17)21-12-23(31-14-30-21)32-20-5-1-3-15-6-7-16(34)11-19(15)20/h1,3,5,8-9,12,14,16-17,34H,2,4,6-7,10-11,13H2,(H,29,33)(H,30,31,32). The molecule has 3 N–H and O–H groups in total. The molecule has 2 unspecified atom stereocenters. The van der Waals surface area contributed by atoms with Crippen LogP contribution in [0.1, 0.15) is 36.1 Å². The highest BCUT2D eigenvalue weighted by Gasteiger charge is 2.33. The number of aliphatic hydroxyl groups is 1. The summed E-state index contributed by atoms with van der Waals surface area (Å²) in [6.07, 6.45) is 0.210. The van der Waals surface area contributed by atoms with Gasteiger partial charge in [0.2, 0.25) is 0 Å². The second-order valence-electron chi connectivity index (χ2n) is 8.86. The van der Waals surface area contributed by atoms with Crippen LogP contribution in [0.4, 0.5) is 30.5 Å². The van der Waals surface area contributed by atoms with Crippen LogP contribution in [0.15, 0.2) is 42.7 Å². The minimum absolute atomic E-state index is 0.0681. The van der Waals surface area contributed by atoms with E-state index in [9.17, 15) is 18.3 Å². The van der Waals surface area contributed by atoms with Gasteiger partial charge in [-0.05, 0) is 55.0 Å². The van der Waals surface area contributed by atoms with E-state index < -0.39 is 11.9 Å². The molecule has 1 saturated heterocycles. The Kier molecular flexibility index (Phi) is 6.57. The maximum Gasteiger partial charge on any atom is 0.433 e. The van der Waals surface area contributed by atoms with Gasteiger partial charge in [0.05, 0.1) is 17.9 Å². The predicted octanol–water partition coefficient (Wildman–Crippen LogP) is 4.74. The van der Waals surface area contributed by atoms with Crippen molar-refractivity contribution in [1.29, 1.82) is 0 Å². The van der Waals surface area contributed by atoms with E-state index in [-0.39, 0.29) is 18.0 Å². The molecule has 5 rings (SSSR count). The molecule has 2 aromatic heterocycles. The van der Waals surface area contributed by atoms with Crippen molar-refractivity contribution < 1.29 is 23.0 Å². The number of aromatic nitrogens is 3. The van der Waals surface area contributed by atoms with Crippen LogP contribution in [-0.2, 0) is 23.8 Å². The Bertz CT molecular complexity index is 1200. The lowest BCUT2D eigenvalue weighted by Gasteiger charge is -2.23. The predicted molar refractivity (Wildman–Crippen MR) is 125 cm³/mol. The fourth-order valence-electron chi connectivity index (χ4n) is 4.57. The van der Waals surface area contributed by atoms with Crippen molar-refractivity contribution in [2.75, 3.05) is 23.8 Å². The number of alkyl halides is 3. The summed E-state index contributed by atoms with van der Waals surface area (Å²) in [6, 6.07) is 9.94. The minimum Gasteiger partial charge on any atom is -0.393 e. The highest BCUT2D eigenvalue weighted by Crippen LogP contribution is 2.34. The molecule has 3 aromatic rings. The lowest BCUT2D eigenvalue weighted by Crippen LogP contribution is -2.20. The molecule has 0 amide bonds. The van der Waals surface area contributed by atoms with Crippen LogP contribution in [0.5, 0.6) is 0 Å². The van der Waals surface area contributed by atoms with Gasteiger partial charge in [-0.25, -0.2) is 15.0 Å². The lowest BCUT2D eigenvalue weighted by molar-refractivity contribution is -0.141. The van der Waals surface area contributed by atoms with Crippen LogP contribution in [0.3, 0.4) is 0 Å². The van der Waals surface area contributed by atoms with Crippen molar-refractivity contribution in [2.45, 2.75) is 50.5 Å². The molecule has 2 atom stereocenters. The van der Waals surface area contributed by atoms with Gasteiger partial charge in [-0.2, -0.15) is 13.2 Å². The van der Waals surface area contributed by atoms with Gasteiger partial charge in [-0.1, -0.05) is 12.1 Å². The van der Waals surface area contributed by atoms with Gasteiger partial charge >= 0.3 is 6.18 Å². The van der Waals surface area contributed by atoms with Crippen molar-refractivity contribution in [3.05, 3.63) is 59.5 Å². The number of benzene rings is 1. The highest BCUT2D eigenvalue weighted by molar-refractivity contribution is 5.75. The van der Waals surface area contributed by atoms with Crippen LogP contribution < -0.4 is 10.6 Å². The number of hydrogen-bond donors (Lipinski definition) is 3. The number of aryl methyl sites for hydroxylation is 1. The maximum absolute atomic E-state index is 13.3. The fourth-order valence-corrected chi connectivity index (χ4v) is 4.57. The van der Waals surface area contributed by atoms with E-state index in [2.05, 4.69) is 31.7 Å². The molecular formula is C25H26F3N5O2. The Hall–Kier alpha value is -3.24. The number of fused-ring (bicyclic) bond motifs is 1. The zero-order valence-electron chi connectivity index (χ0n) is 19.0. The van der Waals surface area contributed by atoms with E-state index in [4.69, 9.17) is 4.74 Å². The summed E-state index contributed by atoms with van der Waals surface area (Å²) < 4.78 is 45.6. The summed E-state index contributed by atoms with van der Waals surface area (Å²) in [5, 5.41) is 16.5. The van der Waals surface area contributed by atoms with E-state index in [1.807, 2.05) is 12.1 Å². The van der Waals surface area contributed by atoms with Gasteiger partial charge < -0.3 is 20.5 Å². The van der Waals surface area contributed by atoms with Crippen molar-refractivity contribution in [2.24, 2.45) is 0 Å². The number of aliphatic hydroxyl groups excluding tert-OH is 1. The van der Waals surface area contributed by atoms with Crippen molar-refractivity contribution in [3.8, 4) is 11.3 Å². The van der Waals surface area contributed by atoms with Crippen LogP contribution in [0.2, 0.25) is 0 Å². The number of ether oxygens (including phenoxy) is 1. The minimum atomic E-state index is -4.56. The third-order valence-corrected chi connectivity index (χ3v) is 6.37. The molecule has 1 aromatic carbocycles. The van der Waals surface area contributed by atoms with E-state index >= 15 is 0 Å². The number of anilines is 3. The molecule has 1 fully saturated rings. The second kappa shape index (κ2) is 9.79. The van der Waals surface area contributed by atoms with E-state index in [0.29, 0.717) is 36.6 Å². The average molecular weight is 486 g/mol. The van der Waals surface area contributed by atoms with Crippen LogP contribution in [0, 0.1) is 0 Å². The number of hydrogen-bond acceptors (Lipinski definition) is 7. The molecule has 7 nitrogen and oxygen atoms in total. The summed E-state index contributed by atoms with van der Waals surface area (Å²) in [5.41, 5.74) is 2.96. The number of nitrogens with zero attached hydrogens (tertiary/aromatic N) is 3. The average Bonchev–Trinajstić information content (AvgIpc) is 3.36. The van der Waals surface area contributed by atoms with Crippen LogP contribution >= 0.6 is 0 Å². The Morgan fingerprint density at radius 1 is 1.11 bits per heavy atom. The van der Waals surface area contributed by atoms with Crippen molar-refractivity contribution >= 4 is 17.3 Å². The molecule has 2 aliphatic rings. The number of nitrogens with one attached hydrogen (secondary N) is 2. The SMILES string of the molecule is OC1CCc2cccc(Nc3cc(-c4ccc(C(F)(F)F)nc4NCC4CCCO4)ncn3)c2C1. The zero-order valence-corrected chi connectivity index (χ0v) is 19.0. The molecule has 0 saturated carbocycles. The van der Waals surface area contributed by atoms with Gasteiger partial charge in [-0.15, -0.1) is 0 Å². The fraction of sp³-hybridized carbons (Fsp3) is 0.400. The molecule has 184 valence electrons. The van der Waals surface area contributed by atoms with Crippen molar-refractivity contribution in [3.63, 3.8) is 0 Å². The second-order valence-corrected chi connectivity index (χ2v) is 8.86. The van der Waals surface area contributed by atoms with Gasteiger partial charge in [0.25, 0.3) is 0 Å². The summed E-state index contributed by atoms with van der Waals surface area (Å²) >= 11 is 0. The first-order valence-electron chi connectivity index (χ1n) is 11.7. The zero-order chi connectivity index (χ0) is 24.4. The molecule has 3 heterocycles. The number of halogens is 3. The Labute approximate surface area is 200 Å². The molecule has 0 spiro atoms. The molecule has 0 radical (unpaired) electrons. The molecular weight excluding hydrogens is 459 g/mol.